The van der Waals surface area contributed by atoms with Crippen LogP contribution in [-0.2, 0) is 4.74 Å². The first-order valence-corrected chi connectivity index (χ1v) is 5.97. The van der Waals surface area contributed by atoms with Gasteiger partial charge in [0.25, 0.3) is 0 Å². The minimum Gasteiger partial charge on any atom is -0.462 e. The Balaban J connectivity index is 2.66. The van der Waals surface area contributed by atoms with Crippen molar-refractivity contribution >= 4 is 11.7 Å². The third-order valence-electron chi connectivity index (χ3n) is 2.93. The third kappa shape index (κ3) is 3.73. The van der Waals surface area contributed by atoms with Crippen LogP contribution in [0.5, 0.6) is 0 Å². The molecule has 0 bridgehead atoms. The van der Waals surface area contributed by atoms with E-state index in [9.17, 15) is 4.79 Å². The molecule has 0 fully saturated rings. The summed E-state index contributed by atoms with van der Waals surface area (Å²) in [6, 6.07) is 1.61. The highest BCUT2D eigenvalue weighted by Crippen LogP contribution is 2.13. The maximum atomic E-state index is 11.8. The van der Waals surface area contributed by atoms with Gasteiger partial charge in [0.05, 0.1) is 29.7 Å². The fraction of sp³-hybridized carbons (Fsp3) is 0.538. The topological polar surface area (TPSA) is 65.2 Å². The van der Waals surface area contributed by atoms with Gasteiger partial charge in [-0.05, 0) is 18.9 Å². The number of aromatic nitrogens is 1. The maximum absolute atomic E-state index is 11.8. The number of nitrogens with two attached hydrogens (primary N) is 1. The lowest BCUT2D eigenvalue weighted by molar-refractivity contribution is 0.0432. The minimum absolute atomic E-state index is 0.339. The number of hydrogen-bond acceptors (Lipinski definition) is 4. The molecule has 4 heteroatoms. The Hall–Kier alpha value is -1.58. The van der Waals surface area contributed by atoms with Crippen LogP contribution in [0.1, 0.15) is 42.7 Å². The summed E-state index contributed by atoms with van der Waals surface area (Å²) in [6.07, 6.45) is 3.56. The number of esters is 1. The third-order valence-corrected chi connectivity index (χ3v) is 2.93. The Morgan fingerprint density at radius 2 is 2.12 bits per heavy atom. The predicted octanol–water partition coefficient (Wildman–Crippen LogP) is 2.57. The van der Waals surface area contributed by atoms with Crippen LogP contribution in [0.3, 0.4) is 0 Å². The molecule has 0 radical (unpaired) electrons. The summed E-state index contributed by atoms with van der Waals surface area (Å²) >= 11 is 0. The van der Waals surface area contributed by atoms with Gasteiger partial charge in [-0.1, -0.05) is 26.7 Å². The lowest BCUT2D eigenvalue weighted by Crippen LogP contribution is -2.15. The van der Waals surface area contributed by atoms with Gasteiger partial charge < -0.3 is 10.5 Å². The lowest BCUT2D eigenvalue weighted by Gasteiger charge is -2.13. The highest BCUT2D eigenvalue weighted by atomic mass is 16.5. The van der Waals surface area contributed by atoms with Crippen molar-refractivity contribution in [1.82, 2.24) is 4.98 Å². The van der Waals surface area contributed by atoms with Gasteiger partial charge in [-0.15, -0.1) is 0 Å². The van der Waals surface area contributed by atoms with E-state index in [0.717, 1.165) is 12.8 Å². The van der Waals surface area contributed by atoms with Gasteiger partial charge in [-0.3, -0.25) is 4.98 Å². The van der Waals surface area contributed by atoms with Gasteiger partial charge in [0.15, 0.2) is 0 Å². The second kappa shape index (κ2) is 6.23. The second-order valence-corrected chi connectivity index (χ2v) is 4.18. The largest absolute Gasteiger partial charge is 0.462 e. The summed E-state index contributed by atoms with van der Waals surface area (Å²) in [5.41, 5.74) is 7.18. The Morgan fingerprint density at radius 1 is 1.47 bits per heavy atom. The van der Waals surface area contributed by atoms with Gasteiger partial charge >= 0.3 is 5.97 Å². The predicted molar refractivity (Wildman–Crippen MR) is 67.7 cm³/mol. The molecule has 1 aromatic rings. The number of pyridine rings is 1. The Kier molecular flexibility index (Phi) is 4.94. The zero-order chi connectivity index (χ0) is 12.8. The van der Waals surface area contributed by atoms with Gasteiger partial charge in [-0.25, -0.2) is 4.79 Å². The highest BCUT2D eigenvalue weighted by Gasteiger charge is 2.14. The molecular weight excluding hydrogens is 216 g/mol. The normalized spacial score (nSPS) is 10.6. The van der Waals surface area contributed by atoms with Crippen molar-refractivity contribution in [2.75, 3.05) is 12.3 Å². The maximum Gasteiger partial charge on any atom is 0.340 e. The van der Waals surface area contributed by atoms with Gasteiger partial charge in [0, 0.05) is 0 Å². The fourth-order valence-electron chi connectivity index (χ4n) is 1.55. The van der Waals surface area contributed by atoms with Crippen molar-refractivity contribution in [3.63, 3.8) is 0 Å². The van der Waals surface area contributed by atoms with E-state index >= 15 is 0 Å². The Morgan fingerprint density at radius 3 is 2.71 bits per heavy atom. The first kappa shape index (κ1) is 13.5. The zero-order valence-electron chi connectivity index (χ0n) is 10.7. The molecule has 17 heavy (non-hydrogen) atoms. The second-order valence-electron chi connectivity index (χ2n) is 4.18. The molecule has 0 saturated heterocycles. The summed E-state index contributed by atoms with van der Waals surface area (Å²) < 4.78 is 5.27. The molecule has 0 aliphatic heterocycles. The SMILES string of the molecule is CCC(CC)COC(=O)c1cc(N)cnc1C. The average molecular weight is 236 g/mol. The zero-order valence-corrected chi connectivity index (χ0v) is 10.7. The number of aryl methyl sites for hydroxylation is 1. The van der Waals surface area contributed by atoms with Crippen LogP contribution in [0.2, 0.25) is 0 Å². The van der Waals surface area contributed by atoms with Crippen molar-refractivity contribution < 1.29 is 9.53 Å². The Bertz CT molecular complexity index is 387. The average Bonchev–Trinajstić information content (AvgIpc) is 2.33. The van der Waals surface area contributed by atoms with Gasteiger partial charge in [-0.2, -0.15) is 0 Å². The lowest BCUT2D eigenvalue weighted by atomic mass is 10.1. The summed E-state index contributed by atoms with van der Waals surface area (Å²) in [6.45, 7) is 6.41. The molecule has 2 N–H and O–H groups in total. The number of carbonyl (C=O) groups is 1. The molecule has 1 rings (SSSR count). The van der Waals surface area contributed by atoms with Crippen molar-refractivity contribution in [2.45, 2.75) is 33.6 Å². The number of carbonyl (C=O) groups excluding carboxylic acids is 1. The van der Waals surface area contributed by atoms with E-state index in [2.05, 4.69) is 18.8 Å². The van der Waals surface area contributed by atoms with Crippen LogP contribution in [0.25, 0.3) is 0 Å². The fourth-order valence-corrected chi connectivity index (χ4v) is 1.55. The van der Waals surface area contributed by atoms with Gasteiger partial charge in [0.2, 0.25) is 0 Å². The quantitative estimate of drug-likeness (QED) is 0.798. The standard InChI is InChI=1S/C13H20N2O2/c1-4-10(5-2)8-17-13(16)12-6-11(14)7-15-9(12)3/h6-7,10H,4-5,8,14H2,1-3H3. The van der Waals surface area contributed by atoms with Crippen molar-refractivity contribution in [3.8, 4) is 0 Å². The van der Waals surface area contributed by atoms with Crippen LogP contribution in [0.15, 0.2) is 12.3 Å². The monoisotopic (exact) mass is 236 g/mol. The molecule has 0 atom stereocenters. The van der Waals surface area contributed by atoms with Crippen molar-refractivity contribution in [3.05, 3.63) is 23.5 Å². The molecule has 4 nitrogen and oxygen atoms in total. The number of rotatable bonds is 5. The molecular formula is C13H20N2O2. The van der Waals surface area contributed by atoms with E-state index in [1.54, 1.807) is 13.0 Å². The van der Waals surface area contributed by atoms with Gasteiger partial charge in [0.1, 0.15) is 0 Å². The molecule has 0 aliphatic carbocycles. The van der Waals surface area contributed by atoms with Crippen LogP contribution >= 0.6 is 0 Å². The van der Waals surface area contributed by atoms with E-state index in [-0.39, 0.29) is 5.97 Å². The van der Waals surface area contributed by atoms with Crippen LogP contribution < -0.4 is 5.73 Å². The number of hydrogen-bond donors (Lipinski definition) is 1. The summed E-state index contributed by atoms with van der Waals surface area (Å²) in [7, 11) is 0. The minimum atomic E-state index is -0.339. The molecule has 1 aromatic heterocycles. The summed E-state index contributed by atoms with van der Waals surface area (Å²) in [5.74, 6) is 0.0856. The molecule has 1 heterocycles. The molecule has 0 unspecified atom stereocenters. The summed E-state index contributed by atoms with van der Waals surface area (Å²) in [5, 5.41) is 0. The number of anilines is 1. The van der Waals surface area contributed by atoms with E-state index in [1.165, 1.54) is 6.20 Å². The number of ether oxygens (including phenoxy) is 1. The molecule has 0 aromatic carbocycles. The summed E-state index contributed by atoms with van der Waals surface area (Å²) in [4.78, 5) is 15.9. The smallest absolute Gasteiger partial charge is 0.340 e. The Labute approximate surface area is 102 Å². The number of nitrogens with zero attached hydrogens (tertiary/aromatic N) is 1. The van der Waals surface area contributed by atoms with E-state index in [4.69, 9.17) is 10.5 Å². The molecule has 0 saturated carbocycles. The molecule has 0 amide bonds. The molecule has 0 aliphatic rings. The highest BCUT2D eigenvalue weighted by molar-refractivity contribution is 5.91. The molecule has 94 valence electrons. The first-order valence-electron chi connectivity index (χ1n) is 5.97. The van der Waals surface area contributed by atoms with E-state index in [0.29, 0.717) is 29.5 Å². The van der Waals surface area contributed by atoms with Crippen molar-refractivity contribution in [2.24, 2.45) is 5.92 Å². The van der Waals surface area contributed by atoms with Crippen LogP contribution in [-0.4, -0.2) is 17.6 Å². The van der Waals surface area contributed by atoms with Crippen LogP contribution in [0, 0.1) is 12.8 Å². The number of nitrogen functional groups attached to an aromatic ring is 1. The first-order chi connectivity index (χ1) is 8.08. The van der Waals surface area contributed by atoms with E-state index < -0.39 is 0 Å². The van der Waals surface area contributed by atoms with E-state index in [1.807, 2.05) is 0 Å². The van der Waals surface area contributed by atoms with Crippen LogP contribution in [0.4, 0.5) is 5.69 Å². The van der Waals surface area contributed by atoms with Crippen molar-refractivity contribution in [1.29, 1.82) is 0 Å². The molecule has 0 spiro atoms.